The van der Waals surface area contributed by atoms with Crippen molar-refractivity contribution in [3.8, 4) is 17.2 Å². The molecule has 0 aromatic heterocycles. The predicted octanol–water partition coefficient (Wildman–Crippen LogP) is 3.19. The van der Waals surface area contributed by atoms with Crippen LogP contribution in [0.4, 0.5) is 0 Å². The van der Waals surface area contributed by atoms with Crippen molar-refractivity contribution in [3.05, 3.63) is 91.0 Å². The average Bonchev–Trinajstić information content (AvgIpc) is 3.12. The summed E-state index contributed by atoms with van der Waals surface area (Å²) in [5.74, 6) is 2.10. The van der Waals surface area contributed by atoms with Crippen molar-refractivity contribution < 1.29 is 114 Å². The van der Waals surface area contributed by atoms with Gasteiger partial charge in [-0.05, 0) is 106 Å². The Morgan fingerprint density at radius 3 is 0.586 bits per heavy atom. The Bertz CT molecular complexity index is 952. The molecule has 0 bridgehead atoms. The minimum absolute atomic E-state index is 0. The summed E-state index contributed by atoms with van der Waals surface area (Å²) >= 11 is 0. The molecule has 14 nitrogen and oxygen atoms in total. The van der Waals surface area contributed by atoms with Gasteiger partial charge in [-0.15, -0.1) is 0 Å². The summed E-state index contributed by atoms with van der Waals surface area (Å²) in [6.07, 6.45) is -3.24. The molecule has 0 fully saturated rings. The monoisotopic (exact) mass is 900 g/mol. The molecule has 0 amide bonds. The van der Waals surface area contributed by atoms with Crippen molar-refractivity contribution in [2.24, 2.45) is 0 Å². The maximum absolute atomic E-state index is 8.94. The maximum Gasteiger partial charge on any atom is 0.119 e. The fourth-order valence-corrected chi connectivity index (χ4v) is 2.29. The quantitative estimate of drug-likeness (QED) is 0.117. The molecule has 3 aromatic rings. The predicted molar refractivity (Wildman–Crippen MR) is 222 cm³/mol. The minimum Gasteiger partial charge on any atom is -0.491 e. The van der Waals surface area contributed by atoms with Gasteiger partial charge in [-0.2, -0.15) is 0 Å². The van der Waals surface area contributed by atoms with Gasteiger partial charge in [0.25, 0.3) is 0 Å². The fraction of sp³-hybridized carbons (Fsp3) is 0.571. The van der Waals surface area contributed by atoms with E-state index >= 15 is 0 Å². The van der Waals surface area contributed by atoms with Crippen LogP contribution in [-0.2, 0) is 43.4 Å². The Hall–Kier alpha value is -1.95. The third-order valence-corrected chi connectivity index (χ3v) is 4.19. The molecule has 0 heterocycles. The van der Waals surface area contributed by atoms with Gasteiger partial charge in [-0.25, -0.2) is 0 Å². The first kappa shape index (κ1) is 70.6. The molecule has 3 unspecified atom stereocenters. The first-order valence-electron chi connectivity index (χ1n) is 18.4. The summed E-state index contributed by atoms with van der Waals surface area (Å²) in [6.45, 7) is 16.8. The van der Waals surface area contributed by atoms with Crippen molar-refractivity contribution in [3.63, 3.8) is 0 Å². The van der Waals surface area contributed by atoms with Crippen LogP contribution in [0.1, 0.15) is 69.2 Å². The van der Waals surface area contributed by atoms with Gasteiger partial charge in [-0.1, -0.05) is 54.6 Å². The zero-order valence-electron chi connectivity index (χ0n) is 36.2. The van der Waals surface area contributed by atoms with Crippen LogP contribution in [0.25, 0.3) is 0 Å². The van der Waals surface area contributed by atoms with E-state index in [1.165, 1.54) is 0 Å². The number of hydrogen-bond acceptors (Lipinski definition) is 14. The van der Waals surface area contributed by atoms with Gasteiger partial charge in [0.2, 0.25) is 0 Å². The summed E-state index contributed by atoms with van der Waals surface area (Å²) in [5, 5.41) is 92.6. The van der Waals surface area contributed by atoms with Crippen molar-refractivity contribution in [1.29, 1.82) is 0 Å². The third kappa shape index (κ3) is 82.1. The van der Waals surface area contributed by atoms with E-state index in [9.17, 15) is 0 Å². The number of ether oxygens (including phenoxy) is 3. The summed E-state index contributed by atoms with van der Waals surface area (Å²) in [7, 11) is 0. The van der Waals surface area contributed by atoms with Crippen molar-refractivity contribution in [2.75, 3.05) is 39.6 Å². The number of benzene rings is 3. The molecule has 336 valence electrons. The van der Waals surface area contributed by atoms with Crippen molar-refractivity contribution in [1.82, 2.24) is 0 Å². The second-order valence-electron chi connectivity index (χ2n) is 12.9. The molecular weight excluding hydrogens is 824 g/mol. The second kappa shape index (κ2) is 53.1. The Morgan fingerprint density at radius 2 is 0.466 bits per heavy atom. The van der Waals surface area contributed by atoms with E-state index in [4.69, 9.17) is 70.4 Å². The molecule has 11 N–H and O–H groups in total. The molecule has 16 heteroatoms. The van der Waals surface area contributed by atoms with Crippen LogP contribution in [0.3, 0.4) is 0 Å². The standard InChI is InChI=1S/3C9H12O3.5C3H8O.2Ti/c3*10-6-8(11)7-12-9-4-2-1-3-5-9;5*1-3(2)4;;/h3*1-5,8,10-11H,6-7H2;5*3-4H,1-2H3;;. The first-order valence-corrected chi connectivity index (χ1v) is 18.4. The van der Waals surface area contributed by atoms with Gasteiger partial charge in [0.1, 0.15) is 55.4 Å². The number of aliphatic hydroxyl groups excluding tert-OH is 11. The van der Waals surface area contributed by atoms with Gasteiger partial charge in [0.05, 0.1) is 19.8 Å². The van der Waals surface area contributed by atoms with Gasteiger partial charge < -0.3 is 70.4 Å². The van der Waals surface area contributed by atoms with Gasteiger partial charge in [0, 0.05) is 74.0 Å². The fourth-order valence-electron chi connectivity index (χ4n) is 2.29. The van der Waals surface area contributed by atoms with Crippen molar-refractivity contribution in [2.45, 2.75) is 118 Å². The smallest absolute Gasteiger partial charge is 0.119 e. The normalized spacial score (nSPS) is 10.9. The number of para-hydroxylation sites is 3. The number of aliphatic hydroxyl groups is 11. The van der Waals surface area contributed by atoms with E-state index in [0.29, 0.717) is 17.2 Å². The summed E-state index contributed by atoms with van der Waals surface area (Å²) < 4.78 is 15.4. The van der Waals surface area contributed by atoms with E-state index in [-0.39, 0.29) is 114 Å². The van der Waals surface area contributed by atoms with E-state index in [0.717, 1.165) is 0 Å². The second-order valence-corrected chi connectivity index (χ2v) is 12.9. The first-order chi connectivity index (χ1) is 26.1. The molecule has 0 aliphatic heterocycles. The molecule has 0 radical (unpaired) electrons. The SMILES string of the molecule is CC(C)O.CC(C)O.CC(C)O.CC(C)O.CC(C)O.OCC(O)COc1ccccc1.OCC(O)COc1ccccc1.OCC(O)COc1ccccc1.[Ti].[Ti]. The molecule has 3 atom stereocenters. The van der Waals surface area contributed by atoms with Crippen LogP contribution >= 0.6 is 0 Å². The number of hydrogen-bond donors (Lipinski definition) is 11. The molecule has 3 aromatic carbocycles. The minimum atomic E-state index is -0.801. The zero-order valence-corrected chi connectivity index (χ0v) is 39.3. The molecule has 58 heavy (non-hydrogen) atoms. The van der Waals surface area contributed by atoms with Crippen LogP contribution in [0, 0.1) is 0 Å². The number of rotatable bonds is 12. The summed E-state index contributed by atoms with van der Waals surface area (Å²) in [4.78, 5) is 0. The molecular formula is C42H76O14Ti2. The largest absolute Gasteiger partial charge is 0.491 e. The Kier molecular flexibility index (Phi) is 64.6. The van der Waals surface area contributed by atoms with Crippen LogP contribution in [0.15, 0.2) is 91.0 Å². The Balaban J connectivity index is -0.000000108. The third-order valence-electron chi connectivity index (χ3n) is 4.19. The van der Waals surface area contributed by atoms with E-state index in [1.54, 1.807) is 106 Å². The molecule has 0 spiro atoms. The molecule has 0 saturated carbocycles. The van der Waals surface area contributed by atoms with Crippen LogP contribution < -0.4 is 14.2 Å². The molecule has 3 rings (SSSR count). The maximum atomic E-state index is 8.94. The van der Waals surface area contributed by atoms with E-state index in [1.807, 2.05) is 54.6 Å². The Labute approximate surface area is 377 Å². The average molecular weight is 901 g/mol. The van der Waals surface area contributed by atoms with E-state index in [2.05, 4.69) is 0 Å². The van der Waals surface area contributed by atoms with Gasteiger partial charge in [0.15, 0.2) is 0 Å². The Morgan fingerprint density at radius 1 is 0.328 bits per heavy atom. The summed E-state index contributed by atoms with van der Waals surface area (Å²) in [6, 6.07) is 27.5. The zero-order chi connectivity index (χ0) is 44.3. The molecule has 0 aliphatic carbocycles. The van der Waals surface area contributed by atoms with Crippen LogP contribution in [0.5, 0.6) is 17.2 Å². The van der Waals surface area contributed by atoms with Crippen LogP contribution in [0.2, 0.25) is 0 Å². The molecule has 0 saturated heterocycles. The summed E-state index contributed by atoms with van der Waals surface area (Å²) in [5.41, 5.74) is 0. The van der Waals surface area contributed by atoms with Crippen molar-refractivity contribution >= 4 is 0 Å². The topological polar surface area (TPSA) is 250 Å². The van der Waals surface area contributed by atoms with Gasteiger partial charge >= 0.3 is 0 Å². The van der Waals surface area contributed by atoms with Crippen LogP contribution in [-0.4, -0.2) is 145 Å². The van der Waals surface area contributed by atoms with Gasteiger partial charge in [-0.3, -0.25) is 0 Å². The molecule has 0 aliphatic rings. The van der Waals surface area contributed by atoms with E-state index < -0.39 is 18.3 Å².